The zero-order chi connectivity index (χ0) is 13.0. The predicted molar refractivity (Wildman–Crippen MR) is 76.0 cm³/mol. The Hall–Kier alpha value is -1.48. The highest BCUT2D eigenvalue weighted by Gasteiger charge is 2.02. The average Bonchev–Trinajstić information content (AvgIpc) is 2.79. The van der Waals surface area contributed by atoms with Crippen LogP contribution >= 0.6 is 11.6 Å². The molecule has 1 N–H and O–H groups in total. The molecule has 1 aromatic heterocycles. The van der Waals surface area contributed by atoms with Crippen LogP contribution in [0.15, 0.2) is 30.6 Å². The van der Waals surface area contributed by atoms with Crippen LogP contribution in [-0.4, -0.2) is 9.55 Å². The normalized spacial score (nSPS) is 10.6. The Bertz CT molecular complexity index is 520. The minimum absolute atomic E-state index is 0.715. The molecule has 0 unspecified atom stereocenters. The number of anilines is 1. The van der Waals surface area contributed by atoms with Gasteiger partial charge in [-0.3, -0.25) is 0 Å². The molecule has 0 saturated carbocycles. The Labute approximate surface area is 113 Å². The summed E-state index contributed by atoms with van der Waals surface area (Å²) >= 11 is 6.09. The summed E-state index contributed by atoms with van der Waals surface area (Å²) < 4.78 is 2.17. The van der Waals surface area contributed by atoms with E-state index in [-0.39, 0.29) is 0 Å². The number of nitrogens with one attached hydrogen (secondary N) is 1. The monoisotopic (exact) mass is 263 g/mol. The average molecular weight is 264 g/mol. The van der Waals surface area contributed by atoms with Gasteiger partial charge in [0.05, 0.1) is 6.54 Å². The number of hydrogen-bond donors (Lipinski definition) is 1. The zero-order valence-corrected chi connectivity index (χ0v) is 11.5. The van der Waals surface area contributed by atoms with Gasteiger partial charge in [-0.2, -0.15) is 0 Å². The van der Waals surface area contributed by atoms with Gasteiger partial charge in [0.2, 0.25) is 0 Å². The highest BCUT2D eigenvalue weighted by atomic mass is 35.5. The van der Waals surface area contributed by atoms with E-state index in [9.17, 15) is 0 Å². The number of hydrogen-bond acceptors (Lipinski definition) is 2. The van der Waals surface area contributed by atoms with Crippen LogP contribution in [0.25, 0.3) is 0 Å². The summed E-state index contributed by atoms with van der Waals surface area (Å²) in [6.07, 6.45) is 4.97. The van der Waals surface area contributed by atoms with Crippen molar-refractivity contribution in [2.75, 3.05) is 5.32 Å². The first kappa shape index (κ1) is 13.0. The van der Waals surface area contributed by atoms with Gasteiger partial charge in [-0.25, -0.2) is 4.98 Å². The molecule has 0 bridgehead atoms. The van der Waals surface area contributed by atoms with Crippen LogP contribution in [-0.2, 0) is 13.1 Å². The van der Waals surface area contributed by atoms with Gasteiger partial charge in [-0.05, 0) is 31.0 Å². The third-order valence-electron chi connectivity index (χ3n) is 2.89. The Balaban J connectivity index is 2.02. The predicted octanol–water partition coefficient (Wildman–Crippen LogP) is 3.87. The minimum atomic E-state index is 0.715. The second-order valence-electron chi connectivity index (χ2n) is 4.35. The summed E-state index contributed by atoms with van der Waals surface area (Å²) in [5.74, 6) is 1.05. The molecule has 2 aromatic rings. The van der Waals surface area contributed by atoms with Crippen LogP contribution in [0, 0.1) is 6.92 Å². The van der Waals surface area contributed by atoms with E-state index in [1.807, 2.05) is 37.5 Å². The number of aromatic nitrogens is 2. The number of imidazole rings is 1. The molecule has 2 rings (SSSR count). The van der Waals surface area contributed by atoms with Crippen molar-refractivity contribution in [1.82, 2.24) is 9.55 Å². The quantitative estimate of drug-likeness (QED) is 0.888. The Kier molecular flexibility index (Phi) is 4.26. The molecule has 96 valence electrons. The molecule has 4 heteroatoms. The third kappa shape index (κ3) is 3.05. The first-order valence-electron chi connectivity index (χ1n) is 6.20. The fraction of sp³-hybridized carbons (Fsp3) is 0.357. The van der Waals surface area contributed by atoms with Crippen molar-refractivity contribution in [3.63, 3.8) is 0 Å². The van der Waals surface area contributed by atoms with Gasteiger partial charge in [0.1, 0.15) is 5.82 Å². The first-order valence-corrected chi connectivity index (χ1v) is 6.58. The standard InChI is InChI=1S/C14H18ClN3/c1-3-7-18-8-6-16-14(18)10-17-12-5-4-11(2)13(15)9-12/h4-6,8-9,17H,3,7,10H2,1-2H3. The summed E-state index contributed by atoms with van der Waals surface area (Å²) in [5.41, 5.74) is 2.12. The Morgan fingerprint density at radius 1 is 1.39 bits per heavy atom. The van der Waals surface area contributed by atoms with E-state index >= 15 is 0 Å². The second kappa shape index (κ2) is 5.91. The summed E-state index contributed by atoms with van der Waals surface area (Å²) in [5, 5.41) is 4.13. The fourth-order valence-corrected chi connectivity index (χ4v) is 2.02. The van der Waals surface area contributed by atoms with E-state index in [4.69, 9.17) is 11.6 Å². The molecule has 0 radical (unpaired) electrons. The maximum atomic E-state index is 6.09. The number of halogens is 1. The number of benzene rings is 1. The van der Waals surface area contributed by atoms with E-state index in [1.54, 1.807) is 0 Å². The Morgan fingerprint density at radius 2 is 2.22 bits per heavy atom. The lowest BCUT2D eigenvalue weighted by Crippen LogP contribution is -2.08. The van der Waals surface area contributed by atoms with Crippen molar-refractivity contribution < 1.29 is 0 Å². The molecule has 0 saturated heterocycles. The largest absolute Gasteiger partial charge is 0.378 e. The van der Waals surface area contributed by atoms with Gasteiger partial charge in [-0.15, -0.1) is 0 Å². The number of aryl methyl sites for hydroxylation is 2. The maximum absolute atomic E-state index is 6.09. The van der Waals surface area contributed by atoms with Crippen LogP contribution in [0.4, 0.5) is 5.69 Å². The van der Waals surface area contributed by atoms with Crippen LogP contribution in [0.3, 0.4) is 0 Å². The van der Waals surface area contributed by atoms with Crippen molar-refractivity contribution in [2.24, 2.45) is 0 Å². The van der Waals surface area contributed by atoms with Gasteiger partial charge in [0.25, 0.3) is 0 Å². The van der Waals surface area contributed by atoms with Crippen LogP contribution in [0.2, 0.25) is 5.02 Å². The SMILES string of the molecule is CCCn1ccnc1CNc1ccc(C)c(Cl)c1. The number of nitrogens with zero attached hydrogens (tertiary/aromatic N) is 2. The van der Waals surface area contributed by atoms with Gasteiger partial charge < -0.3 is 9.88 Å². The van der Waals surface area contributed by atoms with Crippen LogP contribution < -0.4 is 5.32 Å². The highest BCUT2D eigenvalue weighted by Crippen LogP contribution is 2.20. The maximum Gasteiger partial charge on any atom is 0.128 e. The zero-order valence-electron chi connectivity index (χ0n) is 10.8. The lowest BCUT2D eigenvalue weighted by atomic mass is 10.2. The summed E-state index contributed by atoms with van der Waals surface area (Å²) in [6, 6.07) is 6.00. The van der Waals surface area contributed by atoms with Crippen LogP contribution in [0.5, 0.6) is 0 Å². The van der Waals surface area contributed by atoms with Gasteiger partial charge >= 0.3 is 0 Å². The van der Waals surface area contributed by atoms with Gasteiger partial charge in [0.15, 0.2) is 0 Å². The highest BCUT2D eigenvalue weighted by molar-refractivity contribution is 6.31. The molecule has 3 nitrogen and oxygen atoms in total. The van der Waals surface area contributed by atoms with Crippen molar-refractivity contribution in [1.29, 1.82) is 0 Å². The molecule has 0 atom stereocenters. The number of rotatable bonds is 5. The topological polar surface area (TPSA) is 29.9 Å². The lowest BCUT2D eigenvalue weighted by Gasteiger charge is -2.09. The first-order chi connectivity index (χ1) is 8.70. The van der Waals surface area contributed by atoms with Gasteiger partial charge in [-0.1, -0.05) is 24.6 Å². The van der Waals surface area contributed by atoms with Gasteiger partial charge in [0, 0.05) is 29.6 Å². The lowest BCUT2D eigenvalue weighted by molar-refractivity contribution is 0.644. The molecule has 1 heterocycles. The summed E-state index contributed by atoms with van der Waals surface area (Å²) in [7, 11) is 0. The molecular weight excluding hydrogens is 246 g/mol. The molecule has 0 aliphatic heterocycles. The molecule has 0 amide bonds. The van der Waals surface area contributed by atoms with E-state index in [0.717, 1.165) is 35.1 Å². The molecule has 0 aliphatic rings. The molecule has 0 fully saturated rings. The third-order valence-corrected chi connectivity index (χ3v) is 3.30. The molecular formula is C14H18ClN3. The summed E-state index contributed by atoms with van der Waals surface area (Å²) in [4.78, 5) is 4.36. The Morgan fingerprint density at radius 3 is 2.94 bits per heavy atom. The van der Waals surface area contributed by atoms with Crippen molar-refractivity contribution in [3.8, 4) is 0 Å². The minimum Gasteiger partial charge on any atom is -0.378 e. The second-order valence-corrected chi connectivity index (χ2v) is 4.76. The van der Waals surface area contributed by atoms with Crippen molar-refractivity contribution in [2.45, 2.75) is 33.4 Å². The van der Waals surface area contributed by atoms with Crippen molar-refractivity contribution in [3.05, 3.63) is 47.0 Å². The molecule has 0 spiro atoms. The molecule has 18 heavy (non-hydrogen) atoms. The van der Waals surface area contributed by atoms with E-state index in [1.165, 1.54) is 0 Å². The fourth-order valence-electron chi connectivity index (χ4n) is 1.84. The summed E-state index contributed by atoms with van der Waals surface area (Å²) in [6.45, 7) is 5.88. The van der Waals surface area contributed by atoms with E-state index in [2.05, 4.69) is 21.8 Å². The van der Waals surface area contributed by atoms with Crippen LogP contribution in [0.1, 0.15) is 24.7 Å². The molecule has 1 aromatic carbocycles. The van der Waals surface area contributed by atoms with E-state index < -0.39 is 0 Å². The molecule has 0 aliphatic carbocycles. The van der Waals surface area contributed by atoms with E-state index in [0.29, 0.717) is 6.54 Å². The smallest absolute Gasteiger partial charge is 0.128 e. The van der Waals surface area contributed by atoms with Crippen molar-refractivity contribution >= 4 is 17.3 Å².